The van der Waals surface area contributed by atoms with Gasteiger partial charge in [-0.05, 0) is 60.0 Å². The standard InChI is InChI=1S/C32H28N2O3/c1-2-36-25-19-17-22(18-20-25)27-21-28(23-11-5-3-6-12-23)34(33-27)30-31(35)26-15-9-10-16-29(26)37-32(30)24-13-7-4-8-14-24/h3-20,28,30,32H,2,21H2,1H3. The van der Waals surface area contributed by atoms with Crippen LogP contribution in [0.4, 0.5) is 0 Å². The Morgan fingerprint density at radius 1 is 0.838 bits per heavy atom. The fourth-order valence-electron chi connectivity index (χ4n) is 5.24. The first-order valence-corrected chi connectivity index (χ1v) is 12.7. The average Bonchev–Trinajstić information content (AvgIpc) is 3.39. The van der Waals surface area contributed by atoms with Gasteiger partial charge in [0, 0.05) is 6.42 Å². The molecule has 2 aliphatic heterocycles. The van der Waals surface area contributed by atoms with Crippen molar-refractivity contribution in [1.29, 1.82) is 0 Å². The minimum atomic E-state index is -0.609. The topological polar surface area (TPSA) is 51.1 Å². The van der Waals surface area contributed by atoms with Crippen molar-refractivity contribution < 1.29 is 14.3 Å². The molecule has 5 heteroatoms. The number of fused-ring (bicyclic) bond motifs is 1. The molecule has 0 aromatic heterocycles. The van der Waals surface area contributed by atoms with E-state index in [1.165, 1.54) is 0 Å². The maximum Gasteiger partial charge on any atom is 0.194 e. The Hall–Kier alpha value is -4.38. The molecule has 0 N–H and O–H groups in total. The number of nitrogens with zero attached hydrogens (tertiary/aromatic N) is 2. The summed E-state index contributed by atoms with van der Waals surface area (Å²) in [5.74, 6) is 1.47. The molecule has 184 valence electrons. The zero-order valence-electron chi connectivity index (χ0n) is 20.7. The van der Waals surface area contributed by atoms with E-state index in [-0.39, 0.29) is 11.8 Å². The molecule has 2 aliphatic rings. The van der Waals surface area contributed by atoms with Crippen LogP contribution < -0.4 is 9.47 Å². The third-order valence-corrected chi connectivity index (χ3v) is 7.00. The number of carbonyl (C=O) groups excluding carboxylic acids is 1. The van der Waals surface area contributed by atoms with Gasteiger partial charge in [-0.1, -0.05) is 72.8 Å². The van der Waals surface area contributed by atoms with E-state index in [9.17, 15) is 4.79 Å². The lowest BCUT2D eigenvalue weighted by atomic mass is 9.89. The van der Waals surface area contributed by atoms with Crippen LogP contribution in [0.1, 0.15) is 52.5 Å². The van der Waals surface area contributed by atoms with Gasteiger partial charge in [0.05, 0.1) is 23.9 Å². The molecule has 0 saturated carbocycles. The summed E-state index contributed by atoms with van der Waals surface area (Å²) in [6.07, 6.45) is 0.198. The minimum absolute atomic E-state index is 0.0216. The molecule has 4 aromatic rings. The molecule has 3 unspecified atom stereocenters. The van der Waals surface area contributed by atoms with Crippen molar-refractivity contribution in [3.63, 3.8) is 0 Å². The fourth-order valence-corrected chi connectivity index (χ4v) is 5.24. The number of carbonyl (C=O) groups is 1. The van der Waals surface area contributed by atoms with Crippen LogP contribution in [0.5, 0.6) is 11.5 Å². The molecule has 5 nitrogen and oxygen atoms in total. The molecule has 0 amide bonds. The Morgan fingerprint density at radius 3 is 2.19 bits per heavy atom. The molecular formula is C32H28N2O3. The van der Waals surface area contributed by atoms with Crippen LogP contribution in [0.3, 0.4) is 0 Å². The largest absolute Gasteiger partial charge is 0.494 e. The Labute approximate surface area is 217 Å². The van der Waals surface area contributed by atoms with Crippen molar-refractivity contribution in [3.05, 3.63) is 131 Å². The Balaban J connectivity index is 1.46. The van der Waals surface area contributed by atoms with Gasteiger partial charge in [-0.25, -0.2) is 0 Å². The molecule has 2 heterocycles. The summed E-state index contributed by atoms with van der Waals surface area (Å²) >= 11 is 0. The van der Waals surface area contributed by atoms with Crippen LogP contribution in [0.15, 0.2) is 114 Å². The van der Waals surface area contributed by atoms with Crippen molar-refractivity contribution >= 4 is 11.5 Å². The third-order valence-electron chi connectivity index (χ3n) is 7.00. The van der Waals surface area contributed by atoms with Gasteiger partial charge in [0.2, 0.25) is 0 Å². The number of Topliss-reactive ketones (excluding diaryl/α,β-unsaturated/α-hetero) is 1. The molecule has 4 aromatic carbocycles. The predicted octanol–water partition coefficient (Wildman–Crippen LogP) is 6.62. The molecule has 0 radical (unpaired) electrons. The second-order valence-corrected chi connectivity index (χ2v) is 9.27. The van der Waals surface area contributed by atoms with Gasteiger partial charge in [-0.2, -0.15) is 5.10 Å². The number of para-hydroxylation sites is 1. The lowest BCUT2D eigenvalue weighted by Gasteiger charge is -2.39. The number of benzene rings is 4. The molecule has 0 aliphatic carbocycles. The predicted molar refractivity (Wildman–Crippen MR) is 144 cm³/mol. The summed E-state index contributed by atoms with van der Waals surface area (Å²) in [7, 11) is 0. The highest BCUT2D eigenvalue weighted by Gasteiger charge is 2.46. The van der Waals surface area contributed by atoms with E-state index in [0.717, 1.165) is 28.2 Å². The van der Waals surface area contributed by atoms with E-state index in [1.54, 1.807) is 0 Å². The molecule has 0 fully saturated rings. The van der Waals surface area contributed by atoms with Gasteiger partial charge in [0.15, 0.2) is 17.9 Å². The van der Waals surface area contributed by atoms with Crippen LogP contribution >= 0.6 is 0 Å². The summed E-state index contributed by atoms with van der Waals surface area (Å²) in [6.45, 7) is 2.60. The lowest BCUT2D eigenvalue weighted by Crippen LogP contribution is -2.47. The first-order chi connectivity index (χ1) is 18.2. The molecular weight excluding hydrogens is 460 g/mol. The highest BCUT2D eigenvalue weighted by Crippen LogP contribution is 2.43. The van der Waals surface area contributed by atoms with Crippen LogP contribution in [0.2, 0.25) is 0 Å². The van der Waals surface area contributed by atoms with Gasteiger partial charge >= 0.3 is 0 Å². The minimum Gasteiger partial charge on any atom is -0.494 e. The van der Waals surface area contributed by atoms with Crippen molar-refractivity contribution in [1.82, 2.24) is 5.01 Å². The zero-order chi connectivity index (χ0) is 25.2. The van der Waals surface area contributed by atoms with Crippen LogP contribution in [-0.4, -0.2) is 29.2 Å². The Morgan fingerprint density at radius 2 is 1.49 bits per heavy atom. The number of hydrazone groups is 1. The SMILES string of the molecule is CCOc1ccc(C2=NN(C3C(=O)c4ccccc4OC3c3ccccc3)C(c3ccccc3)C2)cc1. The van der Waals surface area contributed by atoms with Crippen molar-refractivity contribution in [3.8, 4) is 11.5 Å². The smallest absolute Gasteiger partial charge is 0.194 e. The van der Waals surface area contributed by atoms with Gasteiger partial charge in [-0.15, -0.1) is 0 Å². The maximum absolute atomic E-state index is 14.1. The Bertz CT molecular complexity index is 1420. The summed E-state index contributed by atoms with van der Waals surface area (Å²) < 4.78 is 12.2. The second-order valence-electron chi connectivity index (χ2n) is 9.27. The molecule has 3 atom stereocenters. The van der Waals surface area contributed by atoms with E-state index >= 15 is 0 Å². The van der Waals surface area contributed by atoms with Gasteiger partial charge in [0.25, 0.3) is 0 Å². The van der Waals surface area contributed by atoms with E-state index in [0.29, 0.717) is 24.3 Å². The fraction of sp³-hybridized carbons (Fsp3) is 0.188. The summed E-state index contributed by atoms with van der Waals surface area (Å²) in [5.41, 5.74) is 4.62. The lowest BCUT2D eigenvalue weighted by molar-refractivity contribution is 0.0301. The average molecular weight is 489 g/mol. The second kappa shape index (κ2) is 9.94. The first kappa shape index (κ1) is 23.0. The normalized spacial score (nSPS) is 20.7. The van der Waals surface area contributed by atoms with E-state index in [2.05, 4.69) is 12.1 Å². The van der Waals surface area contributed by atoms with Crippen molar-refractivity contribution in [2.75, 3.05) is 6.61 Å². The van der Waals surface area contributed by atoms with E-state index in [4.69, 9.17) is 14.6 Å². The monoisotopic (exact) mass is 488 g/mol. The molecule has 0 spiro atoms. The third kappa shape index (κ3) is 4.38. The number of hydrogen-bond donors (Lipinski definition) is 0. The number of ether oxygens (including phenoxy) is 2. The molecule has 0 saturated heterocycles. The van der Waals surface area contributed by atoms with Crippen molar-refractivity contribution in [2.24, 2.45) is 5.10 Å². The van der Waals surface area contributed by atoms with Crippen LogP contribution in [-0.2, 0) is 0 Å². The quantitative estimate of drug-likeness (QED) is 0.306. The number of ketones is 1. The van der Waals surface area contributed by atoms with Crippen LogP contribution in [0, 0.1) is 0 Å². The van der Waals surface area contributed by atoms with Gasteiger partial charge in [-0.3, -0.25) is 9.80 Å². The summed E-state index contributed by atoms with van der Waals surface area (Å²) in [4.78, 5) is 14.1. The Kier molecular flexibility index (Phi) is 6.19. The summed E-state index contributed by atoms with van der Waals surface area (Å²) in [6, 6.07) is 35.1. The van der Waals surface area contributed by atoms with Gasteiger partial charge in [0.1, 0.15) is 11.5 Å². The maximum atomic E-state index is 14.1. The van der Waals surface area contributed by atoms with Crippen molar-refractivity contribution in [2.45, 2.75) is 31.5 Å². The van der Waals surface area contributed by atoms with E-state index < -0.39 is 12.1 Å². The molecule has 0 bridgehead atoms. The zero-order valence-corrected chi connectivity index (χ0v) is 20.7. The van der Waals surface area contributed by atoms with Crippen LogP contribution in [0.25, 0.3) is 0 Å². The highest BCUT2D eigenvalue weighted by molar-refractivity contribution is 6.05. The van der Waals surface area contributed by atoms with E-state index in [1.807, 2.05) is 109 Å². The summed E-state index contributed by atoms with van der Waals surface area (Å²) in [5, 5.41) is 7.11. The first-order valence-electron chi connectivity index (χ1n) is 12.7. The molecule has 6 rings (SSSR count). The molecule has 37 heavy (non-hydrogen) atoms. The highest BCUT2D eigenvalue weighted by atomic mass is 16.5. The van der Waals surface area contributed by atoms with Gasteiger partial charge < -0.3 is 9.47 Å². The number of hydrogen-bond acceptors (Lipinski definition) is 5. The number of rotatable bonds is 6.